The van der Waals surface area contributed by atoms with Crippen molar-refractivity contribution in [2.24, 2.45) is 4.36 Å². The number of nitrogens with one attached hydrogen (secondary N) is 1. The molecule has 2 aromatic rings. The number of carbonyl (C=O) groups excluding carboxylic acids is 1. The van der Waals surface area contributed by atoms with Crippen LogP contribution in [0, 0.1) is 0 Å². The zero-order valence-corrected chi connectivity index (χ0v) is 14.0. The lowest BCUT2D eigenvalue weighted by Gasteiger charge is -2.11. The van der Waals surface area contributed by atoms with Crippen LogP contribution in [0.15, 0.2) is 63.9 Å². The summed E-state index contributed by atoms with van der Waals surface area (Å²) in [5.74, 6) is 0.555. The Bertz CT molecular complexity index is 765. The topological polar surface area (TPSA) is 44.7 Å². The highest BCUT2D eigenvalue weighted by Gasteiger charge is 2.22. The van der Waals surface area contributed by atoms with Crippen LogP contribution in [-0.4, -0.2) is 25.9 Å². The lowest BCUT2D eigenvalue weighted by molar-refractivity contribution is -0.116. The molecule has 4 nitrogen and oxygen atoms in total. The average molecular weight is 325 g/mol. The fourth-order valence-electron chi connectivity index (χ4n) is 2.26. The SMILES string of the molecule is CN(C)c1ccc(/C=C2\C(=O)NCS2=Nc2ccccc2)cc1. The van der Waals surface area contributed by atoms with Crippen LogP contribution in [0.3, 0.4) is 0 Å². The van der Waals surface area contributed by atoms with Crippen LogP contribution in [0.1, 0.15) is 5.56 Å². The van der Waals surface area contributed by atoms with E-state index in [1.54, 1.807) is 0 Å². The van der Waals surface area contributed by atoms with E-state index in [0.717, 1.165) is 21.8 Å². The zero-order chi connectivity index (χ0) is 16.2. The highest BCUT2D eigenvalue weighted by atomic mass is 32.2. The summed E-state index contributed by atoms with van der Waals surface area (Å²) in [6.45, 7) is 0. The Kier molecular flexibility index (Phi) is 4.57. The van der Waals surface area contributed by atoms with Crippen LogP contribution in [0.4, 0.5) is 11.4 Å². The summed E-state index contributed by atoms with van der Waals surface area (Å²) in [5, 5.41) is 2.89. The van der Waals surface area contributed by atoms with Gasteiger partial charge in [-0.15, -0.1) is 0 Å². The van der Waals surface area contributed by atoms with Crippen molar-refractivity contribution in [3.8, 4) is 0 Å². The number of nitrogens with zero attached hydrogens (tertiary/aromatic N) is 2. The molecule has 0 spiro atoms. The predicted octanol–water partition coefficient (Wildman–Crippen LogP) is 3.31. The largest absolute Gasteiger partial charge is 0.378 e. The van der Waals surface area contributed by atoms with Crippen LogP contribution in [-0.2, 0) is 15.5 Å². The first-order valence-electron chi connectivity index (χ1n) is 7.38. The van der Waals surface area contributed by atoms with Crippen molar-refractivity contribution in [2.75, 3.05) is 24.9 Å². The maximum absolute atomic E-state index is 12.1. The molecule has 0 bridgehead atoms. The van der Waals surface area contributed by atoms with Gasteiger partial charge in [-0.05, 0) is 46.6 Å². The molecule has 2 aromatic carbocycles. The lowest BCUT2D eigenvalue weighted by Crippen LogP contribution is -2.14. The number of hydrogen-bond donors (Lipinski definition) is 1. The third-order valence-corrected chi connectivity index (χ3v) is 5.19. The van der Waals surface area contributed by atoms with Gasteiger partial charge in [-0.25, -0.2) is 4.36 Å². The van der Waals surface area contributed by atoms with Gasteiger partial charge in [-0.2, -0.15) is 0 Å². The van der Waals surface area contributed by atoms with Crippen LogP contribution < -0.4 is 10.2 Å². The maximum atomic E-state index is 12.1. The van der Waals surface area contributed by atoms with E-state index in [9.17, 15) is 4.79 Å². The van der Waals surface area contributed by atoms with Gasteiger partial charge in [-0.3, -0.25) is 4.79 Å². The van der Waals surface area contributed by atoms with Gasteiger partial charge in [0.15, 0.2) is 0 Å². The van der Waals surface area contributed by atoms with Crippen LogP contribution >= 0.6 is 0 Å². The number of rotatable bonds is 3. The second-order valence-corrected chi connectivity index (χ2v) is 7.08. The molecule has 0 radical (unpaired) electrons. The third kappa shape index (κ3) is 3.68. The Morgan fingerprint density at radius 3 is 2.43 bits per heavy atom. The molecular formula is C18H19N3OS. The molecule has 1 unspecified atom stereocenters. The summed E-state index contributed by atoms with van der Waals surface area (Å²) < 4.78 is 4.70. The van der Waals surface area contributed by atoms with Crippen LogP contribution in [0.25, 0.3) is 6.08 Å². The predicted molar refractivity (Wildman–Crippen MR) is 97.7 cm³/mol. The molecule has 23 heavy (non-hydrogen) atoms. The van der Waals surface area contributed by atoms with E-state index >= 15 is 0 Å². The summed E-state index contributed by atoms with van der Waals surface area (Å²) in [4.78, 5) is 14.9. The minimum Gasteiger partial charge on any atom is -0.378 e. The van der Waals surface area contributed by atoms with Crippen molar-refractivity contribution in [1.29, 1.82) is 0 Å². The van der Waals surface area contributed by atoms with Crippen molar-refractivity contribution >= 4 is 34.0 Å². The Morgan fingerprint density at radius 2 is 1.78 bits per heavy atom. The van der Waals surface area contributed by atoms with E-state index in [1.807, 2.05) is 74.8 Å². The molecule has 1 fully saturated rings. The van der Waals surface area contributed by atoms with Crippen molar-refractivity contribution in [3.05, 3.63) is 65.1 Å². The van der Waals surface area contributed by atoms with Crippen molar-refractivity contribution < 1.29 is 4.79 Å². The zero-order valence-electron chi connectivity index (χ0n) is 13.2. The number of benzene rings is 2. The summed E-state index contributed by atoms with van der Waals surface area (Å²) in [6, 6.07) is 17.9. The van der Waals surface area contributed by atoms with E-state index in [4.69, 9.17) is 4.36 Å². The van der Waals surface area contributed by atoms with Gasteiger partial charge in [0.05, 0.1) is 16.5 Å². The number of anilines is 1. The van der Waals surface area contributed by atoms with Gasteiger partial charge in [0.25, 0.3) is 5.91 Å². The van der Waals surface area contributed by atoms with Crippen molar-refractivity contribution in [2.45, 2.75) is 0 Å². The molecule has 1 aliphatic rings. The van der Waals surface area contributed by atoms with E-state index in [2.05, 4.69) is 10.2 Å². The van der Waals surface area contributed by atoms with Gasteiger partial charge in [0.1, 0.15) is 0 Å². The average Bonchev–Trinajstić information content (AvgIpc) is 2.89. The highest BCUT2D eigenvalue weighted by molar-refractivity contribution is 7.93. The monoisotopic (exact) mass is 325 g/mol. The second-order valence-electron chi connectivity index (χ2n) is 5.44. The van der Waals surface area contributed by atoms with E-state index < -0.39 is 10.7 Å². The molecule has 1 saturated heterocycles. The highest BCUT2D eigenvalue weighted by Crippen LogP contribution is 2.22. The Hall–Kier alpha value is -2.40. The third-order valence-electron chi connectivity index (χ3n) is 3.53. The molecule has 1 amide bonds. The van der Waals surface area contributed by atoms with E-state index in [1.165, 1.54) is 0 Å². The first-order chi connectivity index (χ1) is 11.1. The molecule has 0 aromatic heterocycles. The lowest BCUT2D eigenvalue weighted by atomic mass is 10.2. The maximum Gasteiger partial charge on any atom is 0.259 e. The Labute approximate surface area is 138 Å². The normalized spacial score (nSPS) is 19.1. The number of amides is 1. The van der Waals surface area contributed by atoms with Gasteiger partial charge in [0.2, 0.25) is 0 Å². The number of carbonyl (C=O) groups is 1. The van der Waals surface area contributed by atoms with Gasteiger partial charge >= 0.3 is 0 Å². The summed E-state index contributed by atoms with van der Waals surface area (Å²) in [6.07, 6.45) is 1.94. The summed E-state index contributed by atoms with van der Waals surface area (Å²) >= 11 is 0. The first kappa shape index (κ1) is 15.5. The molecule has 118 valence electrons. The molecule has 3 rings (SSSR count). The molecule has 5 heteroatoms. The van der Waals surface area contributed by atoms with Gasteiger partial charge < -0.3 is 10.2 Å². The molecule has 0 saturated carbocycles. The van der Waals surface area contributed by atoms with E-state index in [-0.39, 0.29) is 5.91 Å². The standard InChI is InChI=1S/C18H19N3OS/c1-21(2)16-10-8-14(9-11-16)12-17-18(22)19-13-23(17)20-15-6-4-3-5-7-15/h3-12H,13H2,1-2H3,(H,19,22)/b17-12+. The van der Waals surface area contributed by atoms with Crippen LogP contribution in [0.2, 0.25) is 0 Å². The fourth-order valence-corrected chi connectivity index (χ4v) is 3.78. The minimum absolute atomic E-state index is 0.0234. The van der Waals surface area contributed by atoms with Gasteiger partial charge in [0, 0.05) is 19.8 Å². The smallest absolute Gasteiger partial charge is 0.259 e. The molecule has 1 heterocycles. The van der Waals surface area contributed by atoms with E-state index in [0.29, 0.717) is 5.88 Å². The first-order valence-corrected chi connectivity index (χ1v) is 8.73. The fraction of sp³-hybridized carbons (Fsp3) is 0.167. The van der Waals surface area contributed by atoms with Crippen molar-refractivity contribution in [1.82, 2.24) is 5.32 Å². The van der Waals surface area contributed by atoms with Crippen LogP contribution in [0.5, 0.6) is 0 Å². The molecule has 0 aliphatic carbocycles. The summed E-state index contributed by atoms with van der Waals surface area (Å²) in [5.41, 5.74) is 3.06. The Morgan fingerprint density at radius 1 is 1.09 bits per heavy atom. The molecule has 1 N–H and O–H groups in total. The number of hydrogen-bond acceptors (Lipinski definition) is 3. The summed E-state index contributed by atoms with van der Waals surface area (Å²) in [7, 11) is 3.57. The Balaban J connectivity index is 1.92. The van der Waals surface area contributed by atoms with Crippen molar-refractivity contribution in [3.63, 3.8) is 0 Å². The van der Waals surface area contributed by atoms with Gasteiger partial charge in [-0.1, -0.05) is 30.3 Å². The molecule has 1 atom stereocenters. The molecular weight excluding hydrogens is 306 g/mol. The minimum atomic E-state index is -0.446. The quantitative estimate of drug-likeness (QED) is 0.880. The second kappa shape index (κ2) is 6.79. The molecule has 1 aliphatic heterocycles.